The summed E-state index contributed by atoms with van der Waals surface area (Å²) >= 11 is 0. The number of para-hydroxylation sites is 2. The van der Waals surface area contributed by atoms with Crippen molar-refractivity contribution in [3.8, 4) is 0 Å². The lowest BCUT2D eigenvalue weighted by Gasteiger charge is -2.36. The summed E-state index contributed by atoms with van der Waals surface area (Å²) < 4.78 is 0. The highest BCUT2D eigenvalue weighted by atomic mass is 16.6. The quantitative estimate of drug-likeness (QED) is 0.274. The Labute approximate surface area is 168 Å². The highest BCUT2D eigenvalue weighted by Crippen LogP contribution is 2.38. The van der Waals surface area contributed by atoms with Crippen molar-refractivity contribution in [3.63, 3.8) is 0 Å². The molecule has 1 spiro atoms. The molecule has 1 saturated heterocycles. The maximum atomic E-state index is 12.8. The normalized spacial score (nSPS) is 23.8. The summed E-state index contributed by atoms with van der Waals surface area (Å²) in [5.41, 5.74) is -0.581. The smallest absolute Gasteiger partial charge is 0.325 e. The number of carbonyl (C=O) groups is 3. The van der Waals surface area contributed by atoms with Gasteiger partial charge >= 0.3 is 6.03 Å². The average Bonchev–Trinajstić information content (AvgIpc) is 2.93. The summed E-state index contributed by atoms with van der Waals surface area (Å²) in [6, 6.07) is 5.69. The van der Waals surface area contributed by atoms with Gasteiger partial charge in [-0.1, -0.05) is 31.9 Å². The minimum atomic E-state index is -0.886. The van der Waals surface area contributed by atoms with Gasteiger partial charge in [0.05, 0.1) is 4.92 Å². The molecule has 156 valence electrons. The molecule has 1 aliphatic carbocycles. The van der Waals surface area contributed by atoms with Crippen molar-refractivity contribution in [1.29, 1.82) is 0 Å². The van der Waals surface area contributed by atoms with Crippen LogP contribution in [-0.2, 0) is 9.59 Å². The number of urea groups is 1. The number of nitrogens with zero attached hydrogens (tertiary/aromatic N) is 2. The van der Waals surface area contributed by atoms with Gasteiger partial charge in [0.25, 0.3) is 11.6 Å². The van der Waals surface area contributed by atoms with Crippen molar-refractivity contribution in [3.05, 3.63) is 34.4 Å². The summed E-state index contributed by atoms with van der Waals surface area (Å²) in [6.45, 7) is 2.06. The van der Waals surface area contributed by atoms with E-state index in [1.54, 1.807) is 18.2 Å². The first-order valence-corrected chi connectivity index (χ1v) is 9.73. The molecule has 2 atom stereocenters. The van der Waals surface area contributed by atoms with E-state index in [-0.39, 0.29) is 37.1 Å². The van der Waals surface area contributed by atoms with E-state index in [1.807, 2.05) is 6.92 Å². The van der Waals surface area contributed by atoms with Crippen molar-refractivity contribution >= 4 is 29.2 Å². The van der Waals surface area contributed by atoms with Crippen molar-refractivity contribution < 1.29 is 19.3 Å². The van der Waals surface area contributed by atoms with Crippen LogP contribution in [0.15, 0.2) is 24.3 Å². The minimum absolute atomic E-state index is 0.0339. The highest BCUT2D eigenvalue weighted by Gasteiger charge is 2.55. The fourth-order valence-corrected chi connectivity index (χ4v) is 4.02. The summed E-state index contributed by atoms with van der Waals surface area (Å²) in [6.07, 6.45) is 3.35. The third-order valence-corrected chi connectivity index (χ3v) is 5.67. The Morgan fingerprint density at radius 2 is 2.07 bits per heavy atom. The van der Waals surface area contributed by atoms with Gasteiger partial charge in [0.2, 0.25) is 5.91 Å². The van der Waals surface area contributed by atoms with E-state index in [9.17, 15) is 24.5 Å². The number of hydrogen-bond donors (Lipinski definition) is 3. The molecule has 10 heteroatoms. The molecule has 3 N–H and O–H groups in total. The molecular weight excluding hydrogens is 378 g/mol. The Bertz CT molecular complexity index is 829. The van der Waals surface area contributed by atoms with Crippen molar-refractivity contribution in [1.82, 2.24) is 15.5 Å². The first-order chi connectivity index (χ1) is 13.8. The topological polar surface area (TPSA) is 134 Å². The first-order valence-electron chi connectivity index (χ1n) is 9.73. The van der Waals surface area contributed by atoms with Crippen molar-refractivity contribution in [2.24, 2.45) is 5.92 Å². The number of nitro groups is 1. The molecule has 0 aromatic heterocycles. The molecule has 0 bridgehead atoms. The zero-order valence-corrected chi connectivity index (χ0v) is 16.3. The van der Waals surface area contributed by atoms with Crippen LogP contribution < -0.4 is 16.0 Å². The second-order valence-corrected chi connectivity index (χ2v) is 7.49. The van der Waals surface area contributed by atoms with Crippen LogP contribution in [0.3, 0.4) is 0 Å². The van der Waals surface area contributed by atoms with Gasteiger partial charge in [-0.05, 0) is 24.8 Å². The van der Waals surface area contributed by atoms with Gasteiger partial charge in [0.1, 0.15) is 17.8 Å². The van der Waals surface area contributed by atoms with E-state index >= 15 is 0 Å². The molecule has 1 aromatic rings. The summed E-state index contributed by atoms with van der Waals surface area (Å²) in [4.78, 5) is 48.8. The van der Waals surface area contributed by atoms with Crippen LogP contribution in [0.2, 0.25) is 0 Å². The second-order valence-electron chi connectivity index (χ2n) is 7.49. The molecule has 10 nitrogen and oxygen atoms in total. The number of benzene rings is 1. The number of nitrogens with one attached hydrogen (secondary N) is 3. The molecule has 1 aliphatic heterocycles. The van der Waals surface area contributed by atoms with Crippen LogP contribution in [0.25, 0.3) is 0 Å². The molecular formula is C19H25N5O5. The number of hydrogen-bond acceptors (Lipinski definition) is 6. The van der Waals surface area contributed by atoms with Gasteiger partial charge in [-0.2, -0.15) is 0 Å². The zero-order chi connectivity index (χ0) is 21.0. The van der Waals surface area contributed by atoms with Gasteiger partial charge in [-0.15, -0.1) is 0 Å². The number of anilines is 1. The van der Waals surface area contributed by atoms with Crippen molar-refractivity contribution in [2.75, 3.05) is 25.0 Å². The van der Waals surface area contributed by atoms with Gasteiger partial charge in [-0.3, -0.25) is 24.6 Å². The lowest BCUT2D eigenvalue weighted by Crippen LogP contribution is -2.54. The highest BCUT2D eigenvalue weighted by molar-refractivity contribution is 6.09. The van der Waals surface area contributed by atoms with Crippen LogP contribution in [0.1, 0.15) is 32.6 Å². The maximum Gasteiger partial charge on any atom is 0.325 e. The third kappa shape index (κ3) is 4.15. The van der Waals surface area contributed by atoms with Crippen LogP contribution in [0.4, 0.5) is 16.2 Å². The average molecular weight is 403 g/mol. The van der Waals surface area contributed by atoms with Crippen LogP contribution >= 0.6 is 0 Å². The molecule has 4 amide bonds. The minimum Gasteiger partial charge on any atom is -0.378 e. The van der Waals surface area contributed by atoms with Gasteiger partial charge in [0, 0.05) is 19.2 Å². The predicted octanol–water partition coefficient (Wildman–Crippen LogP) is 1.62. The summed E-state index contributed by atoms with van der Waals surface area (Å²) in [5, 5.41) is 19.3. The number of carbonyl (C=O) groups excluding carboxylic acids is 3. The zero-order valence-electron chi connectivity index (χ0n) is 16.3. The van der Waals surface area contributed by atoms with E-state index in [2.05, 4.69) is 16.0 Å². The fraction of sp³-hybridized carbons (Fsp3) is 0.526. The predicted molar refractivity (Wildman–Crippen MR) is 105 cm³/mol. The number of nitro benzene ring substituents is 1. The summed E-state index contributed by atoms with van der Waals surface area (Å²) in [7, 11) is 0. The van der Waals surface area contributed by atoms with Gasteiger partial charge < -0.3 is 16.0 Å². The molecule has 29 heavy (non-hydrogen) atoms. The van der Waals surface area contributed by atoms with E-state index in [1.165, 1.54) is 6.07 Å². The molecule has 0 radical (unpaired) electrons. The van der Waals surface area contributed by atoms with Gasteiger partial charge in [-0.25, -0.2) is 4.79 Å². The van der Waals surface area contributed by atoms with Crippen LogP contribution in [0.5, 0.6) is 0 Å². The number of imide groups is 1. The Morgan fingerprint density at radius 1 is 1.31 bits per heavy atom. The Kier molecular flexibility index (Phi) is 6.00. The molecule has 3 rings (SSSR count). The Balaban J connectivity index is 1.49. The Hall–Kier alpha value is -3.17. The third-order valence-electron chi connectivity index (χ3n) is 5.67. The molecule has 1 aromatic carbocycles. The number of rotatable bonds is 7. The van der Waals surface area contributed by atoms with Crippen LogP contribution in [0, 0.1) is 16.0 Å². The van der Waals surface area contributed by atoms with E-state index in [4.69, 9.17) is 0 Å². The van der Waals surface area contributed by atoms with Crippen molar-refractivity contribution in [2.45, 2.75) is 38.1 Å². The summed E-state index contributed by atoms with van der Waals surface area (Å²) in [5.74, 6) is -0.757. The molecule has 2 aliphatic rings. The number of amides is 4. The van der Waals surface area contributed by atoms with Gasteiger partial charge in [0.15, 0.2) is 0 Å². The molecule has 0 unspecified atom stereocenters. The van der Waals surface area contributed by atoms with E-state index in [0.29, 0.717) is 12.1 Å². The Morgan fingerprint density at radius 3 is 2.79 bits per heavy atom. The molecule has 1 heterocycles. The SMILES string of the molecule is C[C@H]1CCCC[C@@]12NC(=O)N(CC(=O)NCCNc1ccccc1[N+](=O)[O-])C2=O. The fourth-order valence-electron chi connectivity index (χ4n) is 4.02. The maximum absolute atomic E-state index is 12.8. The molecule has 1 saturated carbocycles. The lowest BCUT2D eigenvalue weighted by atomic mass is 9.73. The standard InChI is InChI=1S/C19H25N5O5/c1-13-6-4-5-9-19(13)17(26)23(18(27)22-19)12-16(25)21-11-10-20-14-7-2-3-8-15(14)24(28)29/h2-3,7-8,13,20H,4-6,9-12H2,1H3,(H,21,25)(H,22,27)/t13-,19+/m0/s1. The second kappa shape index (κ2) is 8.46. The monoisotopic (exact) mass is 403 g/mol. The van der Waals surface area contributed by atoms with E-state index < -0.39 is 22.4 Å². The first kappa shape index (κ1) is 20.6. The largest absolute Gasteiger partial charge is 0.378 e. The molecule has 2 fully saturated rings. The lowest BCUT2D eigenvalue weighted by molar-refractivity contribution is -0.384. The van der Waals surface area contributed by atoms with E-state index in [0.717, 1.165) is 24.2 Å². The van der Waals surface area contributed by atoms with Crippen LogP contribution in [-0.4, -0.2) is 52.8 Å².